The van der Waals surface area contributed by atoms with Crippen molar-refractivity contribution in [2.45, 2.75) is 46.5 Å². The van der Waals surface area contributed by atoms with Gasteiger partial charge in [0.1, 0.15) is 11.0 Å². The number of esters is 1. The van der Waals surface area contributed by atoms with E-state index in [2.05, 4.69) is 24.3 Å². The molecule has 0 radical (unpaired) electrons. The molecule has 0 fully saturated rings. The maximum Gasteiger partial charge on any atom is 0.338 e. The Hall–Kier alpha value is -3.84. The summed E-state index contributed by atoms with van der Waals surface area (Å²) in [6.07, 6.45) is 0.897. The Bertz CT molecular complexity index is 1510. The molecule has 8 heteroatoms. The average Bonchev–Trinajstić information content (AvgIpc) is 2.85. The molecule has 1 aliphatic heterocycles. The van der Waals surface area contributed by atoms with E-state index in [4.69, 9.17) is 22.1 Å². The van der Waals surface area contributed by atoms with E-state index in [9.17, 15) is 9.59 Å². The van der Waals surface area contributed by atoms with E-state index in [1.165, 1.54) is 0 Å². The largest absolute Gasteiger partial charge is 0.463 e. The minimum absolute atomic E-state index is 0.0594. The van der Waals surface area contributed by atoms with Crippen molar-refractivity contribution in [3.8, 4) is 0 Å². The number of ether oxygens (including phenoxy) is 1. The van der Waals surface area contributed by atoms with Crippen LogP contribution < -0.4 is 11.2 Å². The summed E-state index contributed by atoms with van der Waals surface area (Å²) < 4.78 is 5.48. The van der Waals surface area contributed by atoms with Crippen molar-refractivity contribution in [2.75, 3.05) is 12.0 Å². The highest BCUT2D eigenvalue weighted by atomic mass is 35.5. The monoisotopic (exact) mass is 530 g/mol. The van der Waals surface area contributed by atoms with Crippen LogP contribution in [-0.2, 0) is 14.3 Å². The molecule has 7 nitrogen and oxygen atoms in total. The zero-order valence-corrected chi connectivity index (χ0v) is 22.7. The van der Waals surface area contributed by atoms with Crippen LogP contribution in [0.1, 0.15) is 50.7 Å². The van der Waals surface area contributed by atoms with E-state index in [0.717, 1.165) is 22.2 Å². The lowest BCUT2D eigenvalue weighted by molar-refractivity contribution is -0.139. The summed E-state index contributed by atoms with van der Waals surface area (Å²) in [5.74, 6) is -1.30. The number of halogens is 1. The average molecular weight is 531 g/mol. The summed E-state index contributed by atoms with van der Waals surface area (Å²) >= 11 is 6.78. The van der Waals surface area contributed by atoms with Crippen LogP contribution in [0.15, 0.2) is 77.3 Å². The minimum Gasteiger partial charge on any atom is -0.463 e. The number of nitrogens with one attached hydrogen (secondary N) is 1. The summed E-state index contributed by atoms with van der Waals surface area (Å²) in [5.41, 5.74) is 14.3. The van der Waals surface area contributed by atoms with Gasteiger partial charge in [-0.3, -0.25) is 10.2 Å². The fraction of sp³-hybridized carbons (Fsp3) is 0.300. The SMILES string of the molecule is CCOC(=O)C1=C(N)N(Nc2ccccc2)C2=C(C(=O)CC(C)(C)C2)C1c1cc2cc(C)ccc2nc1Cl. The number of Topliss-reactive ketones (excluding diaryl/α,β-unsaturated/α-hetero) is 1. The fourth-order valence-corrected chi connectivity index (χ4v) is 5.64. The van der Waals surface area contributed by atoms with Gasteiger partial charge in [0, 0.05) is 22.9 Å². The molecule has 3 N–H and O–H groups in total. The number of hydrazine groups is 1. The molecule has 1 unspecified atom stereocenters. The van der Waals surface area contributed by atoms with Gasteiger partial charge in [-0.2, -0.15) is 0 Å². The molecule has 1 atom stereocenters. The van der Waals surface area contributed by atoms with Crippen LogP contribution in [0.4, 0.5) is 5.69 Å². The van der Waals surface area contributed by atoms with Crippen molar-refractivity contribution >= 4 is 39.9 Å². The number of anilines is 1. The third kappa shape index (κ3) is 4.63. The number of rotatable bonds is 5. The predicted molar refractivity (Wildman–Crippen MR) is 149 cm³/mol. The van der Waals surface area contributed by atoms with Crippen LogP contribution in [0, 0.1) is 12.3 Å². The number of benzene rings is 2. The Morgan fingerprint density at radius 1 is 1.18 bits per heavy atom. The predicted octanol–water partition coefficient (Wildman–Crippen LogP) is 6.00. The first kappa shape index (κ1) is 25.8. The lowest BCUT2D eigenvalue weighted by Gasteiger charge is -2.44. The molecule has 196 valence electrons. The quantitative estimate of drug-likeness (QED) is 0.308. The Labute approximate surface area is 227 Å². The number of aromatic nitrogens is 1. The number of aryl methyl sites for hydroxylation is 1. The standard InChI is InChI=1S/C30H31ClN4O3/c1-5-38-29(37)26-24(20-14-18-13-17(2)11-12-21(18)33-27(20)31)25-22(15-30(3,4)16-23(25)36)35(28(26)32)34-19-9-7-6-8-10-19/h6-14,24,34H,5,15-16,32H2,1-4H3. The number of nitrogens with two attached hydrogens (primary N) is 1. The summed E-state index contributed by atoms with van der Waals surface area (Å²) in [4.78, 5) is 32.0. The zero-order valence-electron chi connectivity index (χ0n) is 22.0. The third-order valence-electron chi connectivity index (χ3n) is 7.03. The molecule has 2 heterocycles. The highest BCUT2D eigenvalue weighted by molar-refractivity contribution is 6.31. The number of hydrogen-bond donors (Lipinski definition) is 2. The summed E-state index contributed by atoms with van der Waals surface area (Å²) in [7, 11) is 0. The molecule has 2 aliphatic rings. The maximum atomic E-state index is 13.9. The van der Waals surface area contributed by atoms with Gasteiger partial charge in [-0.1, -0.05) is 55.3 Å². The fourth-order valence-electron chi connectivity index (χ4n) is 5.39. The van der Waals surface area contributed by atoms with Gasteiger partial charge in [0.15, 0.2) is 5.78 Å². The number of carbonyl (C=O) groups excluding carboxylic acids is 2. The van der Waals surface area contributed by atoms with Gasteiger partial charge in [0.2, 0.25) is 0 Å². The molecular weight excluding hydrogens is 500 g/mol. The second-order valence-electron chi connectivity index (χ2n) is 10.6. The Morgan fingerprint density at radius 3 is 2.63 bits per heavy atom. The van der Waals surface area contributed by atoms with Crippen LogP contribution in [-0.4, -0.2) is 28.4 Å². The molecule has 3 aromatic rings. The minimum atomic E-state index is -0.814. The first-order valence-electron chi connectivity index (χ1n) is 12.7. The number of hydrogen-bond acceptors (Lipinski definition) is 7. The van der Waals surface area contributed by atoms with Crippen LogP contribution in [0.25, 0.3) is 10.9 Å². The highest BCUT2D eigenvalue weighted by Gasteiger charge is 2.47. The topological polar surface area (TPSA) is 97.5 Å². The Morgan fingerprint density at radius 2 is 1.92 bits per heavy atom. The number of allylic oxidation sites excluding steroid dienone is 2. The van der Waals surface area contributed by atoms with E-state index in [-0.39, 0.29) is 34.4 Å². The molecule has 1 aliphatic carbocycles. The number of pyridine rings is 1. The molecule has 2 aromatic carbocycles. The van der Waals surface area contributed by atoms with Gasteiger partial charge >= 0.3 is 5.97 Å². The van der Waals surface area contributed by atoms with E-state index < -0.39 is 11.9 Å². The van der Waals surface area contributed by atoms with E-state index >= 15 is 0 Å². The summed E-state index contributed by atoms with van der Waals surface area (Å²) in [5, 5.41) is 2.75. The molecule has 0 spiro atoms. The van der Waals surface area contributed by atoms with Crippen LogP contribution >= 0.6 is 11.6 Å². The molecule has 5 rings (SSSR count). The van der Waals surface area contributed by atoms with E-state index in [0.29, 0.717) is 29.7 Å². The number of nitrogens with zero attached hydrogens (tertiary/aromatic N) is 2. The number of carbonyl (C=O) groups is 2. The van der Waals surface area contributed by atoms with Crippen molar-refractivity contribution in [1.82, 2.24) is 9.99 Å². The second kappa shape index (κ2) is 9.80. The van der Waals surface area contributed by atoms with Gasteiger partial charge in [0.25, 0.3) is 0 Å². The van der Waals surface area contributed by atoms with Crippen molar-refractivity contribution in [3.05, 3.63) is 93.5 Å². The van der Waals surface area contributed by atoms with Crippen molar-refractivity contribution in [2.24, 2.45) is 11.1 Å². The molecule has 1 aromatic heterocycles. The summed E-state index contributed by atoms with van der Waals surface area (Å²) in [6.45, 7) is 8.00. The van der Waals surface area contributed by atoms with Crippen LogP contribution in [0.3, 0.4) is 0 Å². The van der Waals surface area contributed by atoms with Crippen molar-refractivity contribution in [3.63, 3.8) is 0 Å². The number of ketones is 1. The van der Waals surface area contributed by atoms with Gasteiger partial charge in [-0.05, 0) is 56.0 Å². The molecule has 38 heavy (non-hydrogen) atoms. The maximum absolute atomic E-state index is 13.9. The first-order chi connectivity index (χ1) is 18.1. The number of fused-ring (bicyclic) bond motifs is 1. The molecule has 0 amide bonds. The lowest BCUT2D eigenvalue weighted by atomic mass is 9.69. The third-order valence-corrected chi connectivity index (χ3v) is 7.34. The van der Waals surface area contributed by atoms with Crippen molar-refractivity contribution in [1.29, 1.82) is 0 Å². The lowest BCUT2D eigenvalue weighted by Crippen LogP contribution is -2.45. The normalized spacial score (nSPS) is 19.0. The van der Waals surface area contributed by atoms with Gasteiger partial charge in [0.05, 0.1) is 35.0 Å². The van der Waals surface area contributed by atoms with E-state index in [1.807, 2.05) is 61.5 Å². The van der Waals surface area contributed by atoms with Gasteiger partial charge in [-0.15, -0.1) is 0 Å². The molecule has 0 bridgehead atoms. The number of para-hydroxylation sites is 1. The summed E-state index contributed by atoms with van der Waals surface area (Å²) in [6, 6.07) is 17.3. The highest BCUT2D eigenvalue weighted by Crippen LogP contribution is 2.50. The molecule has 0 saturated heterocycles. The Kier molecular flexibility index (Phi) is 6.65. The first-order valence-corrected chi connectivity index (χ1v) is 13.1. The van der Waals surface area contributed by atoms with Crippen LogP contribution in [0.2, 0.25) is 5.15 Å². The molecule has 0 saturated carbocycles. The van der Waals surface area contributed by atoms with Gasteiger partial charge < -0.3 is 10.5 Å². The van der Waals surface area contributed by atoms with Crippen LogP contribution in [0.5, 0.6) is 0 Å². The molecular formula is C30H31ClN4O3. The second-order valence-corrected chi connectivity index (χ2v) is 11.0. The zero-order chi connectivity index (χ0) is 27.2. The van der Waals surface area contributed by atoms with Gasteiger partial charge in [-0.25, -0.2) is 14.8 Å². The van der Waals surface area contributed by atoms with Crippen molar-refractivity contribution < 1.29 is 14.3 Å². The smallest absolute Gasteiger partial charge is 0.338 e. The van der Waals surface area contributed by atoms with E-state index in [1.54, 1.807) is 11.9 Å². The Balaban J connectivity index is 1.78.